The molecule has 8 heteroatoms. The Morgan fingerprint density at radius 2 is 1.81 bits per heavy atom. The average molecular weight is 444 g/mol. The van der Waals surface area contributed by atoms with E-state index in [0.29, 0.717) is 12.0 Å². The number of benzene rings is 1. The first-order chi connectivity index (χ1) is 15.2. The van der Waals surface area contributed by atoms with Crippen LogP contribution < -0.4 is 4.74 Å². The van der Waals surface area contributed by atoms with Gasteiger partial charge in [-0.25, -0.2) is 9.59 Å². The van der Waals surface area contributed by atoms with Crippen molar-refractivity contribution in [2.24, 2.45) is 5.41 Å². The summed E-state index contributed by atoms with van der Waals surface area (Å²) in [7, 11) is 3.01. The number of carbonyl (C=O) groups is 2. The van der Waals surface area contributed by atoms with E-state index in [2.05, 4.69) is 0 Å². The lowest BCUT2D eigenvalue weighted by Gasteiger charge is -2.23. The van der Waals surface area contributed by atoms with Crippen LogP contribution in [0.5, 0.6) is 11.5 Å². The van der Waals surface area contributed by atoms with E-state index in [1.807, 2.05) is 25.2 Å². The molecule has 2 N–H and O–H groups in total. The summed E-state index contributed by atoms with van der Waals surface area (Å²) in [5.41, 5.74) is 0.288. The van der Waals surface area contributed by atoms with Crippen LogP contribution in [0.3, 0.4) is 0 Å². The molecule has 0 saturated carbocycles. The molecule has 0 amide bonds. The fourth-order valence-electron chi connectivity index (χ4n) is 2.73. The van der Waals surface area contributed by atoms with Gasteiger partial charge in [0.25, 0.3) is 0 Å². The molecule has 0 heterocycles. The molecule has 32 heavy (non-hydrogen) atoms. The summed E-state index contributed by atoms with van der Waals surface area (Å²) in [6, 6.07) is 4.59. The number of phenols is 1. The van der Waals surface area contributed by atoms with Crippen molar-refractivity contribution >= 4 is 18.0 Å². The third-order valence-corrected chi connectivity index (χ3v) is 4.66. The van der Waals surface area contributed by atoms with Crippen LogP contribution in [0.1, 0.15) is 18.9 Å². The Labute approximate surface area is 187 Å². The normalized spacial score (nSPS) is 18.9. The first kappa shape index (κ1) is 24.7. The van der Waals surface area contributed by atoms with Gasteiger partial charge in [-0.1, -0.05) is 25.1 Å². The topological polar surface area (TPSA) is 112 Å². The van der Waals surface area contributed by atoms with Gasteiger partial charge in [0.1, 0.15) is 25.1 Å². The summed E-state index contributed by atoms with van der Waals surface area (Å²) >= 11 is 0. The third-order valence-electron chi connectivity index (χ3n) is 4.66. The fourth-order valence-corrected chi connectivity index (χ4v) is 2.73. The van der Waals surface area contributed by atoms with Crippen LogP contribution in [0, 0.1) is 5.41 Å². The van der Waals surface area contributed by atoms with Gasteiger partial charge in [0.15, 0.2) is 11.5 Å². The van der Waals surface area contributed by atoms with E-state index in [1.165, 1.54) is 31.4 Å². The Hall–Kier alpha value is -3.52. The molecule has 8 nitrogen and oxygen atoms in total. The van der Waals surface area contributed by atoms with Gasteiger partial charge < -0.3 is 29.2 Å². The summed E-state index contributed by atoms with van der Waals surface area (Å²) in [6.07, 6.45) is 10.9. The molecule has 0 spiro atoms. The van der Waals surface area contributed by atoms with Crippen LogP contribution in [0.2, 0.25) is 0 Å². The Balaban J connectivity index is 1.72. The second kappa shape index (κ2) is 11.8. The molecular weight excluding hydrogens is 416 g/mol. The minimum atomic E-state index is -1.16. The summed E-state index contributed by atoms with van der Waals surface area (Å²) in [4.78, 5) is 23.7. The van der Waals surface area contributed by atoms with Crippen LogP contribution in [-0.4, -0.2) is 55.7 Å². The van der Waals surface area contributed by atoms with Crippen molar-refractivity contribution in [1.82, 2.24) is 0 Å². The number of esters is 2. The number of aliphatic hydroxyl groups excluding tert-OH is 1. The smallest absolute Gasteiger partial charge is 0.330 e. The summed E-state index contributed by atoms with van der Waals surface area (Å²) < 4.78 is 20.1. The van der Waals surface area contributed by atoms with Gasteiger partial charge in [-0.15, -0.1) is 0 Å². The number of hydrogen-bond acceptors (Lipinski definition) is 8. The third kappa shape index (κ3) is 7.96. The standard InChI is InChI=1S/C24H28O8/c1-24(11-8-19(29-2)9-12-24)13-10-23(28)32-16-18(25)15-31-22(27)7-5-17-4-6-20(26)21(14-17)30-3/h4-11,13-14,18,25-26H,12,15-16H2,1-3H3/b7-5+,13-10+. The highest BCUT2D eigenvalue weighted by Crippen LogP contribution is 2.31. The number of ether oxygens (including phenoxy) is 4. The molecule has 0 saturated heterocycles. The summed E-state index contributed by atoms with van der Waals surface area (Å²) in [6.45, 7) is 1.33. The molecule has 0 bridgehead atoms. The van der Waals surface area contributed by atoms with E-state index in [4.69, 9.17) is 18.9 Å². The molecule has 2 unspecified atom stereocenters. The molecule has 0 radical (unpaired) electrons. The Morgan fingerprint density at radius 3 is 2.41 bits per heavy atom. The second-order valence-corrected chi connectivity index (χ2v) is 7.37. The van der Waals surface area contributed by atoms with Crippen molar-refractivity contribution in [3.8, 4) is 11.5 Å². The maximum absolute atomic E-state index is 11.9. The van der Waals surface area contributed by atoms with Gasteiger partial charge in [0.05, 0.1) is 14.2 Å². The highest BCUT2D eigenvalue weighted by molar-refractivity contribution is 5.87. The van der Waals surface area contributed by atoms with E-state index in [-0.39, 0.29) is 30.1 Å². The van der Waals surface area contributed by atoms with Gasteiger partial charge in [0, 0.05) is 17.6 Å². The van der Waals surface area contributed by atoms with Crippen molar-refractivity contribution in [1.29, 1.82) is 0 Å². The number of methoxy groups -OCH3 is 2. The monoisotopic (exact) mass is 444 g/mol. The molecule has 0 aliphatic heterocycles. The Bertz CT molecular complexity index is 928. The number of phenolic OH excluding ortho intramolecular Hbond substituents is 1. The molecule has 0 aromatic heterocycles. The molecule has 1 aliphatic carbocycles. The lowest BCUT2D eigenvalue weighted by molar-refractivity contribution is -0.146. The van der Waals surface area contributed by atoms with Crippen LogP contribution in [-0.2, 0) is 23.8 Å². The number of carbonyl (C=O) groups excluding carboxylic acids is 2. The number of allylic oxidation sites excluding steroid dienone is 4. The van der Waals surface area contributed by atoms with Crippen molar-refractivity contribution in [2.75, 3.05) is 27.4 Å². The van der Waals surface area contributed by atoms with Gasteiger partial charge in [-0.3, -0.25) is 0 Å². The zero-order valence-electron chi connectivity index (χ0n) is 18.3. The number of hydrogen-bond donors (Lipinski definition) is 2. The maximum atomic E-state index is 11.9. The first-order valence-corrected chi connectivity index (χ1v) is 9.94. The molecular formula is C24H28O8. The van der Waals surface area contributed by atoms with Gasteiger partial charge in [-0.05, 0) is 42.3 Å². The lowest BCUT2D eigenvalue weighted by Crippen LogP contribution is -2.24. The van der Waals surface area contributed by atoms with Crippen LogP contribution in [0.15, 0.2) is 60.4 Å². The molecule has 1 aromatic rings. The highest BCUT2D eigenvalue weighted by atomic mass is 16.6. The molecule has 1 aliphatic rings. The number of aromatic hydroxyl groups is 1. The number of rotatable bonds is 10. The predicted molar refractivity (Wildman–Crippen MR) is 118 cm³/mol. The van der Waals surface area contributed by atoms with E-state index >= 15 is 0 Å². The minimum absolute atomic E-state index is 0.0129. The van der Waals surface area contributed by atoms with E-state index in [1.54, 1.807) is 25.3 Å². The van der Waals surface area contributed by atoms with Crippen LogP contribution in [0.25, 0.3) is 6.08 Å². The van der Waals surface area contributed by atoms with E-state index in [0.717, 1.165) is 5.76 Å². The van der Waals surface area contributed by atoms with Gasteiger partial charge in [0.2, 0.25) is 0 Å². The average Bonchev–Trinajstić information content (AvgIpc) is 2.80. The quantitative estimate of drug-likeness (QED) is 0.419. The molecule has 1 aromatic carbocycles. The van der Waals surface area contributed by atoms with Gasteiger partial charge >= 0.3 is 11.9 Å². The van der Waals surface area contributed by atoms with E-state index < -0.39 is 18.0 Å². The zero-order chi connectivity index (χ0) is 23.6. The summed E-state index contributed by atoms with van der Waals surface area (Å²) in [5, 5.41) is 19.4. The van der Waals surface area contributed by atoms with E-state index in [9.17, 15) is 19.8 Å². The van der Waals surface area contributed by atoms with Crippen molar-refractivity contribution in [2.45, 2.75) is 19.4 Å². The molecule has 172 valence electrons. The lowest BCUT2D eigenvalue weighted by atomic mass is 9.83. The van der Waals surface area contributed by atoms with Crippen LogP contribution in [0.4, 0.5) is 0 Å². The van der Waals surface area contributed by atoms with Crippen molar-refractivity contribution < 1.29 is 38.7 Å². The predicted octanol–water partition coefficient (Wildman–Crippen LogP) is 2.91. The molecule has 2 rings (SSSR count). The Morgan fingerprint density at radius 1 is 1.12 bits per heavy atom. The second-order valence-electron chi connectivity index (χ2n) is 7.37. The largest absolute Gasteiger partial charge is 0.504 e. The van der Waals surface area contributed by atoms with Crippen molar-refractivity contribution in [3.05, 3.63) is 66.0 Å². The highest BCUT2D eigenvalue weighted by Gasteiger charge is 2.20. The van der Waals surface area contributed by atoms with Crippen molar-refractivity contribution in [3.63, 3.8) is 0 Å². The first-order valence-electron chi connectivity index (χ1n) is 9.94. The summed E-state index contributed by atoms with van der Waals surface area (Å²) in [5.74, 6) is -0.248. The van der Waals surface area contributed by atoms with Crippen LogP contribution >= 0.6 is 0 Å². The minimum Gasteiger partial charge on any atom is -0.504 e. The fraction of sp³-hybridized carbons (Fsp3) is 0.333. The van der Waals surface area contributed by atoms with Gasteiger partial charge in [-0.2, -0.15) is 0 Å². The number of aliphatic hydroxyl groups is 1. The molecule has 0 fully saturated rings. The maximum Gasteiger partial charge on any atom is 0.330 e. The SMILES string of the molecule is COC1=CCC(C)(/C=C/C(=O)OCC(O)COC(=O)/C=C/c2ccc(O)c(OC)c2)C=C1. The Kier molecular flexibility index (Phi) is 9.09. The zero-order valence-corrected chi connectivity index (χ0v) is 18.3. The molecule has 2 atom stereocenters.